The number of anilines is 1. The second-order valence-electron chi connectivity index (χ2n) is 4.93. The maximum Gasteiger partial charge on any atom is 0.255 e. The molecule has 1 aromatic carbocycles. The SMILES string of the molecule is COCC(=O)N1CCCn2cc(-c3ccccc3F)nc21. The summed E-state index contributed by atoms with van der Waals surface area (Å²) in [5, 5.41) is 0. The third kappa shape index (κ3) is 2.54. The first kappa shape index (κ1) is 13.8. The van der Waals surface area contributed by atoms with E-state index in [1.807, 2.05) is 4.57 Å². The van der Waals surface area contributed by atoms with Crippen LogP contribution in [0.4, 0.5) is 10.3 Å². The molecule has 2 aromatic rings. The molecule has 0 aliphatic carbocycles. The van der Waals surface area contributed by atoms with Crippen LogP contribution in [0.2, 0.25) is 0 Å². The topological polar surface area (TPSA) is 47.4 Å². The molecule has 21 heavy (non-hydrogen) atoms. The van der Waals surface area contributed by atoms with E-state index in [-0.39, 0.29) is 18.3 Å². The Hall–Kier alpha value is -2.21. The third-order valence-corrected chi connectivity index (χ3v) is 3.50. The average Bonchev–Trinajstić information content (AvgIpc) is 2.91. The van der Waals surface area contributed by atoms with Gasteiger partial charge in [0.05, 0.1) is 5.69 Å². The van der Waals surface area contributed by atoms with Crippen LogP contribution in [0.3, 0.4) is 0 Å². The monoisotopic (exact) mass is 289 g/mol. The zero-order valence-corrected chi connectivity index (χ0v) is 11.8. The van der Waals surface area contributed by atoms with Crippen molar-refractivity contribution >= 4 is 11.9 Å². The largest absolute Gasteiger partial charge is 0.375 e. The number of amides is 1. The van der Waals surface area contributed by atoms with Crippen molar-refractivity contribution in [2.45, 2.75) is 13.0 Å². The fourth-order valence-corrected chi connectivity index (χ4v) is 2.52. The first-order chi connectivity index (χ1) is 10.2. The minimum atomic E-state index is -0.317. The molecule has 0 unspecified atom stereocenters. The van der Waals surface area contributed by atoms with Crippen molar-refractivity contribution in [2.24, 2.45) is 0 Å². The molecule has 0 saturated carbocycles. The third-order valence-electron chi connectivity index (χ3n) is 3.50. The number of nitrogens with zero attached hydrogens (tertiary/aromatic N) is 3. The number of methoxy groups -OCH3 is 1. The van der Waals surface area contributed by atoms with E-state index in [2.05, 4.69) is 4.98 Å². The highest BCUT2D eigenvalue weighted by Crippen LogP contribution is 2.27. The van der Waals surface area contributed by atoms with Gasteiger partial charge >= 0.3 is 0 Å². The van der Waals surface area contributed by atoms with Gasteiger partial charge in [-0.25, -0.2) is 9.37 Å². The van der Waals surface area contributed by atoms with Crippen LogP contribution in [0.5, 0.6) is 0 Å². The number of aryl methyl sites for hydroxylation is 1. The molecule has 0 radical (unpaired) electrons. The standard InChI is InChI=1S/C15H16FN3O2/c1-21-10-14(20)19-8-4-7-18-9-13(17-15(18)19)11-5-2-3-6-12(11)16/h2-3,5-6,9H,4,7-8,10H2,1H3. The van der Waals surface area contributed by atoms with Gasteiger partial charge in [0, 0.05) is 32.0 Å². The van der Waals surface area contributed by atoms with Gasteiger partial charge in [-0.1, -0.05) is 12.1 Å². The van der Waals surface area contributed by atoms with Crippen LogP contribution in [0, 0.1) is 5.82 Å². The Balaban J connectivity index is 1.98. The summed E-state index contributed by atoms with van der Waals surface area (Å²) in [4.78, 5) is 18.1. The maximum atomic E-state index is 13.9. The highest BCUT2D eigenvalue weighted by atomic mass is 19.1. The van der Waals surface area contributed by atoms with Gasteiger partial charge in [0.15, 0.2) is 0 Å². The number of halogens is 1. The van der Waals surface area contributed by atoms with Gasteiger partial charge in [-0.05, 0) is 18.6 Å². The molecule has 1 amide bonds. The molecule has 0 bridgehead atoms. The average molecular weight is 289 g/mol. The summed E-state index contributed by atoms with van der Waals surface area (Å²) in [5.74, 6) is 0.105. The van der Waals surface area contributed by atoms with E-state index in [9.17, 15) is 9.18 Å². The van der Waals surface area contributed by atoms with E-state index < -0.39 is 0 Å². The van der Waals surface area contributed by atoms with Crippen LogP contribution >= 0.6 is 0 Å². The molecule has 3 rings (SSSR count). The van der Waals surface area contributed by atoms with E-state index >= 15 is 0 Å². The molecule has 0 saturated heterocycles. The molecule has 0 atom stereocenters. The molecule has 110 valence electrons. The summed E-state index contributed by atoms with van der Waals surface area (Å²) in [6.07, 6.45) is 2.63. The Morgan fingerprint density at radius 3 is 2.95 bits per heavy atom. The maximum absolute atomic E-state index is 13.9. The van der Waals surface area contributed by atoms with E-state index in [0.29, 0.717) is 23.8 Å². The number of fused-ring (bicyclic) bond motifs is 1. The lowest BCUT2D eigenvalue weighted by atomic mass is 10.1. The van der Waals surface area contributed by atoms with Crippen molar-refractivity contribution in [3.63, 3.8) is 0 Å². The van der Waals surface area contributed by atoms with Crippen molar-refractivity contribution in [2.75, 3.05) is 25.2 Å². The van der Waals surface area contributed by atoms with Crippen molar-refractivity contribution in [3.05, 3.63) is 36.3 Å². The molecule has 0 N–H and O–H groups in total. The summed E-state index contributed by atoms with van der Waals surface area (Å²) < 4.78 is 20.6. The summed E-state index contributed by atoms with van der Waals surface area (Å²) in [6.45, 7) is 1.39. The molecule has 0 fully saturated rings. The van der Waals surface area contributed by atoms with Crippen molar-refractivity contribution in [3.8, 4) is 11.3 Å². The molecule has 1 aliphatic heterocycles. The minimum Gasteiger partial charge on any atom is -0.375 e. The molecule has 5 nitrogen and oxygen atoms in total. The van der Waals surface area contributed by atoms with Crippen molar-refractivity contribution in [1.29, 1.82) is 0 Å². The first-order valence-corrected chi connectivity index (χ1v) is 6.82. The Labute approximate surface area is 122 Å². The number of hydrogen-bond donors (Lipinski definition) is 0. The fraction of sp³-hybridized carbons (Fsp3) is 0.333. The van der Waals surface area contributed by atoms with Gasteiger partial charge in [-0.3, -0.25) is 9.69 Å². The number of imidazole rings is 1. The van der Waals surface area contributed by atoms with Crippen LogP contribution in [0.1, 0.15) is 6.42 Å². The smallest absolute Gasteiger partial charge is 0.255 e. The Bertz CT molecular complexity index is 669. The van der Waals surface area contributed by atoms with E-state index in [0.717, 1.165) is 13.0 Å². The number of carbonyl (C=O) groups is 1. The van der Waals surface area contributed by atoms with Gasteiger partial charge in [0.1, 0.15) is 12.4 Å². The number of rotatable bonds is 3. The van der Waals surface area contributed by atoms with Gasteiger partial charge in [0.2, 0.25) is 5.95 Å². The van der Waals surface area contributed by atoms with E-state index in [4.69, 9.17) is 4.74 Å². The molecule has 2 heterocycles. The summed E-state index contributed by atoms with van der Waals surface area (Å²) in [7, 11) is 1.49. The van der Waals surface area contributed by atoms with Gasteiger partial charge in [-0.2, -0.15) is 0 Å². The van der Waals surface area contributed by atoms with Gasteiger partial charge < -0.3 is 9.30 Å². The Morgan fingerprint density at radius 2 is 2.19 bits per heavy atom. The van der Waals surface area contributed by atoms with E-state index in [1.54, 1.807) is 29.3 Å². The first-order valence-electron chi connectivity index (χ1n) is 6.82. The number of aromatic nitrogens is 2. The fourth-order valence-electron chi connectivity index (χ4n) is 2.52. The highest BCUT2D eigenvalue weighted by molar-refractivity contribution is 5.93. The Kier molecular flexibility index (Phi) is 3.70. The molecular formula is C15H16FN3O2. The van der Waals surface area contributed by atoms with Crippen molar-refractivity contribution in [1.82, 2.24) is 9.55 Å². The lowest BCUT2D eigenvalue weighted by molar-refractivity contribution is -0.122. The van der Waals surface area contributed by atoms with Crippen LogP contribution in [0.25, 0.3) is 11.3 Å². The minimum absolute atomic E-state index is 0.0158. The normalized spacial score (nSPS) is 14.1. The zero-order valence-electron chi connectivity index (χ0n) is 11.8. The molecule has 1 aromatic heterocycles. The molecular weight excluding hydrogens is 273 g/mol. The van der Waals surface area contributed by atoms with Crippen LogP contribution < -0.4 is 4.90 Å². The van der Waals surface area contributed by atoms with Crippen LogP contribution in [-0.2, 0) is 16.1 Å². The van der Waals surface area contributed by atoms with Gasteiger partial charge in [0.25, 0.3) is 5.91 Å². The number of benzene rings is 1. The zero-order chi connectivity index (χ0) is 14.8. The molecule has 1 aliphatic rings. The number of ether oxygens (including phenoxy) is 1. The molecule has 0 spiro atoms. The predicted molar refractivity (Wildman–Crippen MR) is 76.5 cm³/mol. The predicted octanol–water partition coefficient (Wildman–Crippen LogP) is 2.07. The highest BCUT2D eigenvalue weighted by Gasteiger charge is 2.25. The summed E-state index contributed by atoms with van der Waals surface area (Å²) in [5.41, 5.74) is 0.985. The molecule has 6 heteroatoms. The van der Waals surface area contributed by atoms with Gasteiger partial charge in [-0.15, -0.1) is 0 Å². The Morgan fingerprint density at radius 1 is 1.38 bits per heavy atom. The van der Waals surface area contributed by atoms with Crippen LogP contribution in [0.15, 0.2) is 30.5 Å². The summed E-state index contributed by atoms with van der Waals surface area (Å²) in [6, 6.07) is 6.50. The number of carbonyl (C=O) groups excluding carboxylic acids is 1. The summed E-state index contributed by atoms with van der Waals surface area (Å²) >= 11 is 0. The van der Waals surface area contributed by atoms with Crippen molar-refractivity contribution < 1.29 is 13.9 Å². The lowest BCUT2D eigenvalue weighted by Crippen LogP contribution is -2.39. The number of hydrogen-bond acceptors (Lipinski definition) is 3. The van der Waals surface area contributed by atoms with Crippen LogP contribution in [-0.4, -0.2) is 35.7 Å². The quantitative estimate of drug-likeness (QED) is 0.869. The second kappa shape index (κ2) is 5.65. The second-order valence-corrected chi connectivity index (χ2v) is 4.93. The lowest BCUT2D eigenvalue weighted by Gasteiger charge is -2.26. The van der Waals surface area contributed by atoms with E-state index in [1.165, 1.54) is 13.2 Å².